The molecule has 1 atom stereocenters. The summed E-state index contributed by atoms with van der Waals surface area (Å²) in [7, 11) is 0. The van der Waals surface area contributed by atoms with E-state index in [1.807, 2.05) is 31.2 Å². The normalized spacial score (nSPS) is 12.2. The molecule has 1 aromatic rings. The average molecular weight is 263 g/mol. The fraction of sp³-hybridized carbons (Fsp3) is 0.500. The summed E-state index contributed by atoms with van der Waals surface area (Å²) in [5.41, 5.74) is 1.90. The molecule has 0 spiro atoms. The molecule has 1 unspecified atom stereocenters. The molecule has 3 nitrogen and oxygen atoms in total. The molecular formula is C16H25NO2. The molecule has 0 aliphatic carbocycles. The standard InChI is InChI=1S/C16H25NO2/c1-4-5-10-17-11-16(18)14-6-8-15(9-7-14)19-12-13(2)3/h6-9,16-18H,2,4-5,10-12H2,1,3H3. The maximum atomic E-state index is 10.0. The van der Waals surface area contributed by atoms with Crippen molar-refractivity contribution in [1.29, 1.82) is 0 Å². The van der Waals surface area contributed by atoms with Crippen molar-refractivity contribution in [1.82, 2.24) is 5.32 Å². The van der Waals surface area contributed by atoms with Gasteiger partial charge in [-0.3, -0.25) is 0 Å². The first-order chi connectivity index (χ1) is 9.13. The smallest absolute Gasteiger partial charge is 0.119 e. The summed E-state index contributed by atoms with van der Waals surface area (Å²) < 4.78 is 5.52. The lowest BCUT2D eigenvalue weighted by Gasteiger charge is -2.13. The molecule has 0 aliphatic heterocycles. The zero-order valence-corrected chi connectivity index (χ0v) is 12.0. The zero-order chi connectivity index (χ0) is 14.1. The largest absolute Gasteiger partial charge is 0.489 e. The molecule has 0 amide bonds. The zero-order valence-electron chi connectivity index (χ0n) is 12.0. The molecule has 0 radical (unpaired) electrons. The topological polar surface area (TPSA) is 41.5 Å². The van der Waals surface area contributed by atoms with Gasteiger partial charge in [-0.15, -0.1) is 0 Å². The van der Waals surface area contributed by atoms with E-state index < -0.39 is 6.10 Å². The lowest BCUT2D eigenvalue weighted by atomic mass is 10.1. The van der Waals surface area contributed by atoms with Crippen LogP contribution in [0.1, 0.15) is 38.4 Å². The third kappa shape index (κ3) is 6.41. The van der Waals surface area contributed by atoms with Crippen LogP contribution >= 0.6 is 0 Å². The Labute approximate surface area is 116 Å². The Morgan fingerprint density at radius 3 is 2.63 bits per heavy atom. The van der Waals surface area contributed by atoms with Crippen molar-refractivity contribution in [2.75, 3.05) is 19.7 Å². The van der Waals surface area contributed by atoms with E-state index in [1.54, 1.807) is 0 Å². The molecule has 106 valence electrons. The fourth-order valence-electron chi connectivity index (χ4n) is 1.65. The molecule has 0 saturated heterocycles. The number of aliphatic hydroxyl groups is 1. The van der Waals surface area contributed by atoms with Gasteiger partial charge in [-0.1, -0.05) is 32.1 Å². The van der Waals surface area contributed by atoms with Crippen LogP contribution in [0.4, 0.5) is 0 Å². The maximum Gasteiger partial charge on any atom is 0.119 e. The Kier molecular flexibility index (Phi) is 7.23. The van der Waals surface area contributed by atoms with Crippen molar-refractivity contribution in [2.24, 2.45) is 0 Å². The van der Waals surface area contributed by atoms with Crippen LogP contribution in [-0.2, 0) is 0 Å². The number of hydrogen-bond donors (Lipinski definition) is 2. The molecule has 19 heavy (non-hydrogen) atoms. The Balaban J connectivity index is 2.39. The third-order valence-corrected chi connectivity index (χ3v) is 2.79. The highest BCUT2D eigenvalue weighted by atomic mass is 16.5. The third-order valence-electron chi connectivity index (χ3n) is 2.79. The van der Waals surface area contributed by atoms with E-state index in [4.69, 9.17) is 4.74 Å². The number of aliphatic hydroxyl groups excluding tert-OH is 1. The highest BCUT2D eigenvalue weighted by Gasteiger charge is 2.06. The average Bonchev–Trinajstić information content (AvgIpc) is 2.41. The second kappa shape index (κ2) is 8.73. The molecule has 0 aromatic heterocycles. The summed E-state index contributed by atoms with van der Waals surface area (Å²) in [5.74, 6) is 0.804. The van der Waals surface area contributed by atoms with Gasteiger partial charge < -0.3 is 15.2 Å². The highest BCUT2D eigenvalue weighted by Crippen LogP contribution is 2.17. The predicted octanol–water partition coefficient (Wildman–Crippen LogP) is 3.06. The van der Waals surface area contributed by atoms with Crippen molar-refractivity contribution >= 4 is 0 Å². The van der Waals surface area contributed by atoms with Crippen LogP contribution in [0.25, 0.3) is 0 Å². The minimum absolute atomic E-state index is 0.466. The van der Waals surface area contributed by atoms with Gasteiger partial charge in [0.05, 0.1) is 6.10 Å². The Hall–Kier alpha value is -1.32. The van der Waals surface area contributed by atoms with Crippen molar-refractivity contribution in [3.63, 3.8) is 0 Å². The van der Waals surface area contributed by atoms with E-state index in [2.05, 4.69) is 18.8 Å². The fourth-order valence-corrected chi connectivity index (χ4v) is 1.65. The van der Waals surface area contributed by atoms with E-state index in [0.29, 0.717) is 13.2 Å². The van der Waals surface area contributed by atoms with Crippen LogP contribution in [0.3, 0.4) is 0 Å². The molecule has 0 heterocycles. The Morgan fingerprint density at radius 1 is 1.37 bits per heavy atom. The molecule has 0 fully saturated rings. The van der Waals surface area contributed by atoms with E-state index in [9.17, 15) is 5.11 Å². The lowest BCUT2D eigenvalue weighted by molar-refractivity contribution is 0.174. The van der Waals surface area contributed by atoms with Gasteiger partial charge in [0.25, 0.3) is 0 Å². The quantitative estimate of drug-likeness (QED) is 0.531. The van der Waals surface area contributed by atoms with Crippen molar-refractivity contribution < 1.29 is 9.84 Å². The number of hydrogen-bond acceptors (Lipinski definition) is 3. The van der Waals surface area contributed by atoms with E-state index >= 15 is 0 Å². The predicted molar refractivity (Wildman–Crippen MR) is 79.5 cm³/mol. The van der Waals surface area contributed by atoms with Gasteiger partial charge in [0.1, 0.15) is 12.4 Å². The second-order valence-electron chi connectivity index (χ2n) is 4.89. The highest BCUT2D eigenvalue weighted by molar-refractivity contribution is 5.29. The molecule has 0 bridgehead atoms. The van der Waals surface area contributed by atoms with Crippen LogP contribution < -0.4 is 10.1 Å². The summed E-state index contributed by atoms with van der Waals surface area (Å²) in [6.45, 7) is 9.95. The van der Waals surface area contributed by atoms with E-state index in [0.717, 1.165) is 36.3 Å². The summed E-state index contributed by atoms with van der Waals surface area (Å²) in [6, 6.07) is 7.57. The first kappa shape index (κ1) is 15.7. The van der Waals surface area contributed by atoms with Crippen LogP contribution in [0.5, 0.6) is 5.75 Å². The van der Waals surface area contributed by atoms with Crippen molar-refractivity contribution in [2.45, 2.75) is 32.8 Å². The molecule has 2 N–H and O–H groups in total. The van der Waals surface area contributed by atoms with Crippen LogP contribution in [0.15, 0.2) is 36.4 Å². The van der Waals surface area contributed by atoms with Crippen LogP contribution in [0.2, 0.25) is 0 Å². The monoisotopic (exact) mass is 263 g/mol. The molecule has 3 heteroatoms. The number of ether oxygens (including phenoxy) is 1. The Bertz CT molecular complexity index is 373. The number of benzene rings is 1. The van der Waals surface area contributed by atoms with Gasteiger partial charge in [0.2, 0.25) is 0 Å². The second-order valence-corrected chi connectivity index (χ2v) is 4.89. The van der Waals surface area contributed by atoms with Crippen LogP contribution in [0, 0.1) is 0 Å². The minimum Gasteiger partial charge on any atom is -0.489 e. The van der Waals surface area contributed by atoms with Crippen molar-refractivity contribution in [3.8, 4) is 5.75 Å². The number of unbranched alkanes of at least 4 members (excludes halogenated alkanes) is 1. The molecule has 0 aliphatic rings. The van der Waals surface area contributed by atoms with Gasteiger partial charge >= 0.3 is 0 Å². The van der Waals surface area contributed by atoms with Crippen molar-refractivity contribution in [3.05, 3.63) is 42.0 Å². The first-order valence-corrected chi connectivity index (χ1v) is 6.89. The summed E-state index contributed by atoms with van der Waals surface area (Å²) >= 11 is 0. The number of rotatable bonds is 9. The summed E-state index contributed by atoms with van der Waals surface area (Å²) in [5, 5.41) is 13.3. The molecular weight excluding hydrogens is 238 g/mol. The van der Waals surface area contributed by atoms with E-state index in [-0.39, 0.29) is 0 Å². The van der Waals surface area contributed by atoms with E-state index in [1.165, 1.54) is 0 Å². The van der Waals surface area contributed by atoms with Crippen LogP contribution in [-0.4, -0.2) is 24.8 Å². The maximum absolute atomic E-state index is 10.0. The first-order valence-electron chi connectivity index (χ1n) is 6.89. The molecule has 1 rings (SSSR count). The Morgan fingerprint density at radius 2 is 2.05 bits per heavy atom. The van der Waals surface area contributed by atoms with Gasteiger partial charge in [0.15, 0.2) is 0 Å². The van der Waals surface area contributed by atoms with Gasteiger partial charge in [-0.2, -0.15) is 0 Å². The summed E-state index contributed by atoms with van der Waals surface area (Å²) in [6.07, 6.45) is 1.84. The molecule has 1 aromatic carbocycles. The van der Waals surface area contributed by atoms with Gasteiger partial charge in [-0.05, 0) is 43.2 Å². The molecule has 0 saturated carbocycles. The lowest BCUT2D eigenvalue weighted by Crippen LogP contribution is -2.22. The van der Waals surface area contributed by atoms with Gasteiger partial charge in [0, 0.05) is 6.54 Å². The SMILES string of the molecule is C=C(C)COc1ccc(C(O)CNCCCC)cc1. The van der Waals surface area contributed by atoms with Gasteiger partial charge in [-0.25, -0.2) is 0 Å². The minimum atomic E-state index is -0.466. The summed E-state index contributed by atoms with van der Waals surface area (Å²) in [4.78, 5) is 0. The number of nitrogens with one attached hydrogen (secondary N) is 1.